The predicted molar refractivity (Wildman–Crippen MR) is 103 cm³/mol. The summed E-state index contributed by atoms with van der Waals surface area (Å²) in [6, 6.07) is 0. The van der Waals surface area contributed by atoms with Gasteiger partial charge in [-0.15, -0.1) is 0 Å². The van der Waals surface area contributed by atoms with Crippen molar-refractivity contribution in [1.29, 1.82) is 0 Å². The van der Waals surface area contributed by atoms with Gasteiger partial charge in [-0.05, 0) is 18.8 Å². The number of ether oxygens (including phenoxy) is 1. The molecule has 0 aromatic heterocycles. The molecule has 142 valence electrons. The van der Waals surface area contributed by atoms with E-state index in [2.05, 4.69) is 6.92 Å². The van der Waals surface area contributed by atoms with Crippen LogP contribution in [0, 0.1) is 5.92 Å². The Labute approximate surface area is 151 Å². The molecule has 0 N–H and O–H groups in total. The molecule has 0 aliphatic heterocycles. The lowest BCUT2D eigenvalue weighted by atomic mass is 10.1. The van der Waals surface area contributed by atoms with Crippen molar-refractivity contribution in [1.82, 2.24) is 0 Å². The molecule has 2 nitrogen and oxygen atoms in total. The minimum Gasteiger partial charge on any atom is -0.466 e. The normalized spacial score (nSPS) is 14.0. The molecular weight excluding hydrogens is 296 g/mol. The van der Waals surface area contributed by atoms with Crippen molar-refractivity contribution in [2.24, 2.45) is 5.92 Å². The van der Waals surface area contributed by atoms with Crippen LogP contribution in [0.5, 0.6) is 0 Å². The summed E-state index contributed by atoms with van der Waals surface area (Å²) in [5, 5.41) is 0. The lowest BCUT2D eigenvalue weighted by molar-refractivity contribution is -0.143. The van der Waals surface area contributed by atoms with Gasteiger partial charge in [-0.2, -0.15) is 0 Å². The molecule has 0 radical (unpaired) electrons. The molecule has 1 rings (SSSR count). The van der Waals surface area contributed by atoms with E-state index in [0.29, 0.717) is 13.0 Å². The molecule has 2 heteroatoms. The van der Waals surface area contributed by atoms with Crippen molar-refractivity contribution >= 4 is 5.97 Å². The highest BCUT2D eigenvalue weighted by Crippen LogP contribution is 2.34. The molecule has 1 saturated carbocycles. The molecule has 0 aromatic rings. The molecule has 0 saturated heterocycles. The Morgan fingerprint density at radius 2 is 1.29 bits per heavy atom. The first-order valence-electron chi connectivity index (χ1n) is 11.0. The van der Waals surface area contributed by atoms with Gasteiger partial charge in [0.1, 0.15) is 0 Å². The maximum absolute atomic E-state index is 11.6. The first kappa shape index (κ1) is 21.5. The number of hydrogen-bond donors (Lipinski definition) is 0. The van der Waals surface area contributed by atoms with Gasteiger partial charge in [0, 0.05) is 6.42 Å². The van der Waals surface area contributed by atoms with Crippen molar-refractivity contribution in [3.63, 3.8) is 0 Å². The topological polar surface area (TPSA) is 26.3 Å². The van der Waals surface area contributed by atoms with E-state index < -0.39 is 0 Å². The molecule has 1 aliphatic rings. The number of carbonyl (C=O) groups excluding carboxylic acids is 1. The summed E-state index contributed by atoms with van der Waals surface area (Å²) in [5.41, 5.74) is 0. The van der Waals surface area contributed by atoms with Crippen molar-refractivity contribution in [3.8, 4) is 0 Å². The molecule has 1 fully saturated rings. The van der Waals surface area contributed by atoms with Crippen LogP contribution in [-0.2, 0) is 9.53 Å². The van der Waals surface area contributed by atoms with Crippen LogP contribution in [0.25, 0.3) is 0 Å². The van der Waals surface area contributed by atoms with Crippen LogP contribution in [0.2, 0.25) is 0 Å². The number of hydrogen-bond acceptors (Lipinski definition) is 2. The lowest BCUT2D eigenvalue weighted by Gasteiger charge is -2.05. The van der Waals surface area contributed by atoms with E-state index in [-0.39, 0.29) is 5.97 Å². The lowest BCUT2D eigenvalue weighted by Crippen LogP contribution is -2.05. The highest BCUT2D eigenvalue weighted by atomic mass is 16.5. The molecule has 0 aromatic carbocycles. The van der Waals surface area contributed by atoms with E-state index in [9.17, 15) is 4.79 Å². The van der Waals surface area contributed by atoms with Gasteiger partial charge < -0.3 is 4.74 Å². The van der Waals surface area contributed by atoms with Gasteiger partial charge in [-0.3, -0.25) is 4.79 Å². The Hall–Kier alpha value is -0.530. The average molecular weight is 339 g/mol. The molecule has 1 aliphatic carbocycles. The summed E-state index contributed by atoms with van der Waals surface area (Å²) in [6.07, 6.45) is 23.0. The minimum absolute atomic E-state index is 0.0201. The number of rotatable bonds is 18. The number of esters is 1. The summed E-state index contributed by atoms with van der Waals surface area (Å²) in [4.78, 5) is 11.6. The van der Waals surface area contributed by atoms with Crippen LogP contribution in [0.4, 0.5) is 0 Å². The predicted octanol–water partition coefficient (Wildman–Crippen LogP) is 7.20. The van der Waals surface area contributed by atoms with Gasteiger partial charge >= 0.3 is 5.97 Å². The highest BCUT2D eigenvalue weighted by molar-refractivity contribution is 5.69. The van der Waals surface area contributed by atoms with Crippen molar-refractivity contribution < 1.29 is 9.53 Å². The second-order valence-electron chi connectivity index (χ2n) is 7.80. The summed E-state index contributed by atoms with van der Waals surface area (Å²) < 4.78 is 5.33. The Bertz CT molecular complexity index is 284. The monoisotopic (exact) mass is 338 g/mol. The van der Waals surface area contributed by atoms with E-state index in [0.717, 1.165) is 18.8 Å². The smallest absolute Gasteiger partial charge is 0.305 e. The van der Waals surface area contributed by atoms with Crippen molar-refractivity contribution in [2.75, 3.05) is 6.61 Å². The van der Waals surface area contributed by atoms with Crippen LogP contribution in [0.15, 0.2) is 0 Å². The third kappa shape index (κ3) is 15.0. The van der Waals surface area contributed by atoms with Gasteiger partial charge in [0.2, 0.25) is 0 Å². The molecule has 0 bridgehead atoms. The fourth-order valence-electron chi connectivity index (χ4n) is 3.31. The standard InChI is InChI=1S/C22H42O2/c1-2-3-4-5-6-9-12-15-20-24-22(23)17-14-11-8-7-10-13-16-21-18-19-21/h21H,2-20H2,1H3. The van der Waals surface area contributed by atoms with E-state index in [1.54, 1.807) is 0 Å². The Morgan fingerprint density at radius 3 is 1.92 bits per heavy atom. The molecule has 0 spiro atoms. The summed E-state index contributed by atoms with van der Waals surface area (Å²) in [7, 11) is 0. The van der Waals surface area contributed by atoms with Crippen LogP contribution in [-0.4, -0.2) is 12.6 Å². The van der Waals surface area contributed by atoms with Crippen LogP contribution in [0.1, 0.15) is 122 Å². The Balaban J connectivity index is 1.70. The molecule has 0 amide bonds. The van der Waals surface area contributed by atoms with Crippen molar-refractivity contribution in [2.45, 2.75) is 122 Å². The van der Waals surface area contributed by atoms with Crippen LogP contribution < -0.4 is 0 Å². The third-order valence-corrected chi connectivity index (χ3v) is 5.20. The maximum Gasteiger partial charge on any atom is 0.305 e. The minimum atomic E-state index is 0.0201. The van der Waals surface area contributed by atoms with Gasteiger partial charge in [0.25, 0.3) is 0 Å². The van der Waals surface area contributed by atoms with Gasteiger partial charge in [0.05, 0.1) is 6.61 Å². The maximum atomic E-state index is 11.6. The Kier molecular flexibility index (Phi) is 14.3. The highest BCUT2D eigenvalue weighted by Gasteiger charge is 2.19. The van der Waals surface area contributed by atoms with Gasteiger partial charge in [-0.25, -0.2) is 0 Å². The Morgan fingerprint density at radius 1 is 0.750 bits per heavy atom. The van der Waals surface area contributed by atoms with E-state index >= 15 is 0 Å². The summed E-state index contributed by atoms with van der Waals surface area (Å²) in [6.45, 7) is 2.89. The first-order valence-corrected chi connectivity index (χ1v) is 11.0. The van der Waals surface area contributed by atoms with Crippen LogP contribution >= 0.6 is 0 Å². The van der Waals surface area contributed by atoms with Gasteiger partial charge in [0.15, 0.2) is 0 Å². The third-order valence-electron chi connectivity index (χ3n) is 5.20. The van der Waals surface area contributed by atoms with E-state index in [1.165, 1.54) is 96.3 Å². The zero-order valence-corrected chi connectivity index (χ0v) is 16.3. The second kappa shape index (κ2) is 16.0. The van der Waals surface area contributed by atoms with Gasteiger partial charge in [-0.1, -0.05) is 103 Å². The fourth-order valence-corrected chi connectivity index (χ4v) is 3.31. The SMILES string of the molecule is CCCCCCCCCCOC(=O)CCCCCCCCC1CC1. The zero-order chi connectivity index (χ0) is 17.3. The average Bonchev–Trinajstić information content (AvgIpc) is 3.40. The molecule has 24 heavy (non-hydrogen) atoms. The van der Waals surface area contributed by atoms with E-state index in [1.807, 2.05) is 0 Å². The summed E-state index contributed by atoms with van der Waals surface area (Å²) >= 11 is 0. The van der Waals surface area contributed by atoms with Crippen LogP contribution in [0.3, 0.4) is 0 Å². The molecule has 0 unspecified atom stereocenters. The molecular formula is C22H42O2. The number of unbranched alkanes of at least 4 members (excludes halogenated alkanes) is 12. The zero-order valence-electron chi connectivity index (χ0n) is 16.3. The first-order chi connectivity index (χ1) is 11.8. The summed E-state index contributed by atoms with van der Waals surface area (Å²) in [5.74, 6) is 1.10. The quantitative estimate of drug-likeness (QED) is 0.195. The fraction of sp³-hybridized carbons (Fsp3) is 0.955. The molecule has 0 heterocycles. The molecule has 0 atom stereocenters. The number of carbonyl (C=O) groups is 1. The van der Waals surface area contributed by atoms with Crippen molar-refractivity contribution in [3.05, 3.63) is 0 Å². The largest absolute Gasteiger partial charge is 0.466 e. The second-order valence-corrected chi connectivity index (χ2v) is 7.80. The van der Waals surface area contributed by atoms with E-state index in [4.69, 9.17) is 4.74 Å².